The van der Waals surface area contributed by atoms with Crippen LogP contribution in [-0.2, 0) is 10.1 Å². The number of rotatable bonds is 4. The first-order valence-corrected chi connectivity index (χ1v) is 8.92. The zero-order chi connectivity index (χ0) is 17.5. The fourth-order valence-electron chi connectivity index (χ4n) is 2.52. The molecule has 3 rings (SSSR count). The second-order valence-corrected chi connectivity index (χ2v) is 7.03. The van der Waals surface area contributed by atoms with Crippen LogP contribution in [0.4, 0.5) is 0 Å². The summed E-state index contributed by atoms with van der Waals surface area (Å²) < 4.78 is 33.2. The fraction of sp³-hybridized carbons (Fsp3) is 0.250. The topological polar surface area (TPSA) is 105 Å². The first kappa shape index (κ1) is 19.9. The molecule has 2 N–H and O–H groups in total. The molecule has 25 heavy (non-hydrogen) atoms. The largest absolute Gasteiger partial charge is 0.508 e. The van der Waals surface area contributed by atoms with Crippen molar-refractivity contribution in [2.45, 2.75) is 31.1 Å². The van der Waals surface area contributed by atoms with Gasteiger partial charge in [0, 0.05) is 35.6 Å². The van der Waals surface area contributed by atoms with Crippen LogP contribution in [0.2, 0.25) is 0 Å². The van der Waals surface area contributed by atoms with E-state index in [9.17, 15) is 18.1 Å². The number of phenolic OH excluding ortho intramolecular Hbond substituents is 1. The Balaban J connectivity index is 0.00000225. The van der Waals surface area contributed by atoms with E-state index in [2.05, 4.69) is 10.2 Å². The van der Waals surface area contributed by atoms with Crippen molar-refractivity contribution in [2.75, 3.05) is 0 Å². The molecule has 0 aliphatic rings. The Hall–Kier alpha value is -1.45. The van der Waals surface area contributed by atoms with Gasteiger partial charge in [0.2, 0.25) is 0 Å². The number of aromatic nitrogens is 3. The molecule has 7 nitrogen and oxygen atoms in total. The van der Waals surface area contributed by atoms with Crippen molar-refractivity contribution in [1.29, 1.82) is 0 Å². The van der Waals surface area contributed by atoms with Gasteiger partial charge in [-0.3, -0.25) is 4.55 Å². The monoisotopic (exact) mass is 370 g/mol. The average Bonchev–Trinajstić information content (AvgIpc) is 2.96. The second-order valence-electron chi connectivity index (χ2n) is 5.64. The fourth-order valence-corrected chi connectivity index (χ4v) is 3.20. The molecule has 0 aliphatic heterocycles. The van der Waals surface area contributed by atoms with Gasteiger partial charge in [0.15, 0.2) is 0 Å². The minimum absolute atomic E-state index is 0. The molecule has 127 valence electrons. The first-order valence-electron chi connectivity index (χ1n) is 7.48. The van der Waals surface area contributed by atoms with Crippen molar-refractivity contribution in [1.82, 2.24) is 15.0 Å². The standard InChI is InChI=1S/C16H17N3O4S.Na/c1-3-10(2)11-8-16(24(21,22)23)14(9-15(11)20)19-17-12-6-4-5-7-13(12)18-19;/h4-10,20H,3H2,1-2H3,(H,21,22,23);. The molecule has 0 bridgehead atoms. The zero-order valence-corrected chi connectivity index (χ0v) is 17.0. The number of fused-ring (bicyclic) bond motifs is 1. The maximum atomic E-state index is 11.8. The van der Waals surface area contributed by atoms with Crippen molar-refractivity contribution in [3.8, 4) is 11.4 Å². The summed E-state index contributed by atoms with van der Waals surface area (Å²) in [6.07, 6.45) is 0.710. The summed E-state index contributed by atoms with van der Waals surface area (Å²) in [5, 5.41) is 18.7. The van der Waals surface area contributed by atoms with Crippen LogP contribution in [0.3, 0.4) is 0 Å². The maximum absolute atomic E-state index is 11.8. The Morgan fingerprint density at radius 1 is 1.16 bits per heavy atom. The second kappa shape index (κ2) is 7.43. The number of nitrogens with zero attached hydrogens (tertiary/aromatic N) is 3. The molecule has 1 unspecified atom stereocenters. The molecule has 1 aromatic heterocycles. The van der Waals surface area contributed by atoms with E-state index in [4.69, 9.17) is 0 Å². The molecule has 0 amide bonds. The van der Waals surface area contributed by atoms with Crippen molar-refractivity contribution in [2.24, 2.45) is 0 Å². The summed E-state index contributed by atoms with van der Waals surface area (Å²) >= 11 is 0. The molecular formula is C16H17N3NaO4S. The number of aromatic hydroxyl groups is 1. The van der Waals surface area contributed by atoms with Gasteiger partial charge in [0.1, 0.15) is 27.4 Å². The van der Waals surface area contributed by atoms with Crippen molar-refractivity contribution < 1.29 is 18.1 Å². The molecule has 0 aliphatic carbocycles. The van der Waals surface area contributed by atoms with Crippen LogP contribution in [0.5, 0.6) is 5.75 Å². The van der Waals surface area contributed by atoms with Crippen LogP contribution in [0, 0.1) is 0 Å². The van der Waals surface area contributed by atoms with Crippen LogP contribution in [0.25, 0.3) is 16.7 Å². The molecule has 2 aromatic carbocycles. The Labute approximate surface area is 167 Å². The third-order valence-electron chi connectivity index (χ3n) is 4.03. The van der Waals surface area contributed by atoms with Gasteiger partial charge >= 0.3 is 0 Å². The normalized spacial score (nSPS) is 12.8. The van der Waals surface area contributed by atoms with Gasteiger partial charge in [-0.05, 0) is 36.1 Å². The minimum atomic E-state index is -4.51. The van der Waals surface area contributed by atoms with E-state index >= 15 is 0 Å². The maximum Gasteiger partial charge on any atom is 0.296 e. The van der Waals surface area contributed by atoms with Crippen LogP contribution >= 0.6 is 0 Å². The Kier molecular flexibility index (Phi) is 5.90. The van der Waals surface area contributed by atoms with Gasteiger partial charge < -0.3 is 5.11 Å². The van der Waals surface area contributed by atoms with E-state index in [0.29, 0.717) is 23.0 Å². The zero-order valence-electron chi connectivity index (χ0n) is 14.2. The summed E-state index contributed by atoms with van der Waals surface area (Å²) in [6, 6.07) is 9.59. The number of hydrogen-bond donors (Lipinski definition) is 2. The smallest absolute Gasteiger partial charge is 0.296 e. The minimum Gasteiger partial charge on any atom is -0.508 e. The summed E-state index contributed by atoms with van der Waals surface area (Å²) in [6.45, 7) is 3.79. The predicted molar refractivity (Wildman–Crippen MR) is 94.8 cm³/mol. The Bertz CT molecular complexity index is 984. The number of phenols is 1. The van der Waals surface area contributed by atoms with Crippen LogP contribution in [-0.4, -0.2) is 62.6 Å². The molecular weight excluding hydrogens is 353 g/mol. The summed E-state index contributed by atoms with van der Waals surface area (Å²) in [5.74, 6) is -0.127. The molecule has 9 heteroatoms. The van der Waals surface area contributed by atoms with Crippen molar-refractivity contribution in [3.05, 3.63) is 42.0 Å². The summed E-state index contributed by atoms with van der Waals surface area (Å²) in [7, 11) is -4.51. The molecule has 0 fully saturated rings. The molecule has 3 aromatic rings. The van der Waals surface area contributed by atoms with Crippen LogP contribution in [0.15, 0.2) is 41.3 Å². The average molecular weight is 370 g/mol. The molecule has 1 heterocycles. The quantitative estimate of drug-likeness (QED) is 0.540. The molecule has 0 spiro atoms. The number of hydrogen-bond acceptors (Lipinski definition) is 5. The Morgan fingerprint density at radius 3 is 2.20 bits per heavy atom. The Morgan fingerprint density at radius 2 is 1.72 bits per heavy atom. The molecule has 1 radical (unpaired) electrons. The van der Waals surface area contributed by atoms with E-state index in [1.165, 1.54) is 12.1 Å². The molecule has 0 saturated carbocycles. The van der Waals surface area contributed by atoms with Crippen LogP contribution in [0.1, 0.15) is 31.7 Å². The SMILES string of the molecule is CCC(C)c1cc(S(=O)(=O)O)c(-n2nc3ccccc3n2)cc1O.[Na]. The van der Waals surface area contributed by atoms with Gasteiger partial charge in [-0.15, -0.1) is 15.0 Å². The van der Waals surface area contributed by atoms with E-state index in [1.54, 1.807) is 24.3 Å². The van der Waals surface area contributed by atoms with Gasteiger partial charge in [0.25, 0.3) is 10.1 Å². The summed E-state index contributed by atoms with van der Waals surface area (Å²) in [5.41, 5.74) is 1.59. The number of benzene rings is 2. The predicted octanol–water partition coefficient (Wildman–Crippen LogP) is 2.51. The molecule has 0 saturated heterocycles. The van der Waals surface area contributed by atoms with Crippen molar-refractivity contribution >= 4 is 50.7 Å². The van der Waals surface area contributed by atoms with Crippen LogP contribution < -0.4 is 0 Å². The molecule has 1 atom stereocenters. The van der Waals surface area contributed by atoms with E-state index in [-0.39, 0.29) is 51.8 Å². The van der Waals surface area contributed by atoms with Gasteiger partial charge in [-0.25, -0.2) is 0 Å². The van der Waals surface area contributed by atoms with E-state index < -0.39 is 10.1 Å². The van der Waals surface area contributed by atoms with E-state index in [0.717, 1.165) is 4.80 Å². The van der Waals surface area contributed by atoms with Gasteiger partial charge in [0.05, 0.1) is 0 Å². The first-order chi connectivity index (χ1) is 11.3. The third-order valence-corrected chi connectivity index (χ3v) is 4.91. The van der Waals surface area contributed by atoms with Crippen molar-refractivity contribution in [3.63, 3.8) is 0 Å². The van der Waals surface area contributed by atoms with Gasteiger partial charge in [-0.2, -0.15) is 8.42 Å². The van der Waals surface area contributed by atoms with E-state index in [1.807, 2.05) is 13.8 Å². The third kappa shape index (κ3) is 3.88. The van der Waals surface area contributed by atoms with Gasteiger partial charge in [-0.1, -0.05) is 26.0 Å². The summed E-state index contributed by atoms with van der Waals surface area (Å²) in [4.78, 5) is 0.768.